The summed E-state index contributed by atoms with van der Waals surface area (Å²) in [4.78, 5) is 0. The van der Waals surface area contributed by atoms with E-state index in [-0.39, 0.29) is 11.6 Å². The lowest BCUT2D eigenvalue weighted by atomic mass is 10.1. The number of aryl methyl sites for hydroxylation is 1. The Hall–Kier alpha value is -1.02. The minimum absolute atomic E-state index is 0.141. The van der Waals surface area contributed by atoms with Crippen LogP contribution in [0.1, 0.15) is 39.7 Å². The SMILES string of the molecule is CCC(CNC(C)(C)C)Oc1ccccc1C. The number of benzene rings is 1. The first-order chi connectivity index (χ1) is 7.92. The van der Waals surface area contributed by atoms with Crippen LogP contribution in [-0.4, -0.2) is 18.2 Å². The summed E-state index contributed by atoms with van der Waals surface area (Å²) in [7, 11) is 0. The third-order valence-corrected chi connectivity index (χ3v) is 2.70. The minimum Gasteiger partial charge on any atom is -0.489 e. The van der Waals surface area contributed by atoms with Gasteiger partial charge in [0.1, 0.15) is 11.9 Å². The zero-order valence-electron chi connectivity index (χ0n) is 11.7. The Morgan fingerprint density at radius 1 is 1.24 bits per heavy atom. The molecule has 96 valence electrons. The first kappa shape index (κ1) is 14.0. The van der Waals surface area contributed by atoms with Crippen molar-refractivity contribution < 1.29 is 4.74 Å². The van der Waals surface area contributed by atoms with Gasteiger partial charge in [-0.1, -0.05) is 25.1 Å². The summed E-state index contributed by atoms with van der Waals surface area (Å²) in [6.07, 6.45) is 1.24. The molecular formula is C15H25NO. The monoisotopic (exact) mass is 235 g/mol. The van der Waals surface area contributed by atoms with Gasteiger partial charge in [0.15, 0.2) is 0 Å². The van der Waals surface area contributed by atoms with Gasteiger partial charge in [0, 0.05) is 12.1 Å². The van der Waals surface area contributed by atoms with Gasteiger partial charge in [-0.05, 0) is 45.7 Å². The fourth-order valence-electron chi connectivity index (χ4n) is 1.56. The highest BCUT2D eigenvalue weighted by molar-refractivity contribution is 5.31. The van der Waals surface area contributed by atoms with Crippen molar-refractivity contribution in [1.29, 1.82) is 0 Å². The minimum atomic E-state index is 0.141. The number of para-hydroxylation sites is 1. The number of nitrogens with one attached hydrogen (secondary N) is 1. The molecule has 0 aliphatic rings. The van der Waals surface area contributed by atoms with Crippen molar-refractivity contribution in [2.45, 2.75) is 52.7 Å². The van der Waals surface area contributed by atoms with Crippen LogP contribution in [0.25, 0.3) is 0 Å². The predicted octanol–water partition coefficient (Wildman–Crippen LogP) is 3.54. The number of rotatable bonds is 5. The molecule has 0 amide bonds. The van der Waals surface area contributed by atoms with Crippen molar-refractivity contribution in [2.24, 2.45) is 0 Å². The van der Waals surface area contributed by atoms with Gasteiger partial charge in [0.25, 0.3) is 0 Å². The Bertz CT molecular complexity index is 341. The number of hydrogen-bond donors (Lipinski definition) is 1. The third kappa shape index (κ3) is 5.22. The van der Waals surface area contributed by atoms with Gasteiger partial charge in [0.2, 0.25) is 0 Å². The number of hydrogen-bond acceptors (Lipinski definition) is 2. The number of ether oxygens (including phenoxy) is 1. The summed E-state index contributed by atoms with van der Waals surface area (Å²) >= 11 is 0. The van der Waals surface area contributed by atoms with Crippen LogP contribution in [0, 0.1) is 6.92 Å². The summed E-state index contributed by atoms with van der Waals surface area (Å²) in [5.74, 6) is 0.995. The first-order valence-electron chi connectivity index (χ1n) is 6.39. The van der Waals surface area contributed by atoms with E-state index in [1.54, 1.807) is 0 Å². The Morgan fingerprint density at radius 3 is 2.41 bits per heavy atom. The molecule has 2 heteroatoms. The summed E-state index contributed by atoms with van der Waals surface area (Å²) in [6, 6.07) is 8.18. The third-order valence-electron chi connectivity index (χ3n) is 2.70. The van der Waals surface area contributed by atoms with Crippen molar-refractivity contribution in [3.05, 3.63) is 29.8 Å². The summed E-state index contributed by atoms with van der Waals surface area (Å²) in [5.41, 5.74) is 1.34. The van der Waals surface area contributed by atoms with Crippen LogP contribution >= 0.6 is 0 Å². The molecule has 0 heterocycles. The predicted molar refractivity (Wildman–Crippen MR) is 73.6 cm³/mol. The van der Waals surface area contributed by atoms with Crippen LogP contribution < -0.4 is 10.1 Å². The standard InChI is InChI=1S/C15H25NO/c1-6-13(11-16-15(3,4)5)17-14-10-8-7-9-12(14)2/h7-10,13,16H,6,11H2,1-5H3. The average molecular weight is 235 g/mol. The molecule has 0 saturated carbocycles. The van der Waals surface area contributed by atoms with E-state index in [9.17, 15) is 0 Å². The van der Waals surface area contributed by atoms with Gasteiger partial charge in [-0.15, -0.1) is 0 Å². The first-order valence-corrected chi connectivity index (χ1v) is 6.39. The highest BCUT2D eigenvalue weighted by Crippen LogP contribution is 2.18. The quantitative estimate of drug-likeness (QED) is 0.843. The highest BCUT2D eigenvalue weighted by Gasteiger charge is 2.14. The molecule has 17 heavy (non-hydrogen) atoms. The normalized spacial score (nSPS) is 13.5. The molecule has 1 aromatic carbocycles. The van der Waals surface area contributed by atoms with Crippen LogP contribution in [-0.2, 0) is 0 Å². The maximum Gasteiger partial charge on any atom is 0.122 e. The van der Waals surface area contributed by atoms with E-state index >= 15 is 0 Å². The van der Waals surface area contributed by atoms with Crippen molar-refractivity contribution in [2.75, 3.05) is 6.54 Å². The summed E-state index contributed by atoms with van der Waals surface area (Å²) in [6.45, 7) is 11.6. The second kappa shape index (κ2) is 6.06. The molecule has 0 aliphatic carbocycles. The maximum atomic E-state index is 6.03. The molecule has 0 aromatic heterocycles. The fourth-order valence-corrected chi connectivity index (χ4v) is 1.56. The molecule has 0 bridgehead atoms. The van der Waals surface area contributed by atoms with Crippen LogP contribution in [0.4, 0.5) is 0 Å². The Kier molecular flexibility index (Phi) is 5.01. The second-order valence-electron chi connectivity index (χ2n) is 5.54. The van der Waals surface area contributed by atoms with Crippen LogP contribution in [0.2, 0.25) is 0 Å². The molecule has 1 aromatic rings. The zero-order valence-corrected chi connectivity index (χ0v) is 11.7. The highest BCUT2D eigenvalue weighted by atomic mass is 16.5. The van der Waals surface area contributed by atoms with E-state index in [1.165, 1.54) is 5.56 Å². The Morgan fingerprint density at radius 2 is 1.88 bits per heavy atom. The topological polar surface area (TPSA) is 21.3 Å². The van der Waals surface area contributed by atoms with Crippen molar-refractivity contribution >= 4 is 0 Å². The van der Waals surface area contributed by atoms with Gasteiger partial charge < -0.3 is 10.1 Å². The molecule has 0 fully saturated rings. The molecular weight excluding hydrogens is 210 g/mol. The molecule has 1 unspecified atom stereocenters. The van der Waals surface area contributed by atoms with Gasteiger partial charge in [-0.2, -0.15) is 0 Å². The van der Waals surface area contributed by atoms with Crippen LogP contribution in [0.15, 0.2) is 24.3 Å². The molecule has 0 radical (unpaired) electrons. The largest absolute Gasteiger partial charge is 0.489 e. The second-order valence-corrected chi connectivity index (χ2v) is 5.54. The van der Waals surface area contributed by atoms with E-state index in [0.29, 0.717) is 0 Å². The molecule has 1 N–H and O–H groups in total. The molecule has 0 aliphatic heterocycles. The average Bonchev–Trinajstić information content (AvgIpc) is 2.25. The molecule has 1 atom stereocenters. The zero-order chi connectivity index (χ0) is 12.9. The van der Waals surface area contributed by atoms with E-state index in [1.807, 2.05) is 18.2 Å². The molecule has 0 saturated heterocycles. The van der Waals surface area contributed by atoms with Crippen LogP contribution in [0.3, 0.4) is 0 Å². The van der Waals surface area contributed by atoms with Crippen LogP contribution in [0.5, 0.6) is 5.75 Å². The fraction of sp³-hybridized carbons (Fsp3) is 0.600. The van der Waals surface area contributed by atoms with Crippen molar-refractivity contribution in [3.8, 4) is 5.75 Å². The van der Waals surface area contributed by atoms with E-state index in [4.69, 9.17) is 4.74 Å². The lowest BCUT2D eigenvalue weighted by molar-refractivity contribution is 0.180. The van der Waals surface area contributed by atoms with E-state index in [2.05, 4.69) is 46.0 Å². The van der Waals surface area contributed by atoms with Gasteiger partial charge in [-0.25, -0.2) is 0 Å². The van der Waals surface area contributed by atoms with Crippen molar-refractivity contribution in [3.63, 3.8) is 0 Å². The summed E-state index contributed by atoms with van der Waals surface area (Å²) in [5, 5.41) is 3.49. The summed E-state index contributed by atoms with van der Waals surface area (Å²) < 4.78 is 6.03. The molecule has 1 rings (SSSR count). The Balaban J connectivity index is 2.56. The lowest BCUT2D eigenvalue weighted by Gasteiger charge is -2.25. The maximum absolute atomic E-state index is 6.03. The molecule has 2 nitrogen and oxygen atoms in total. The van der Waals surface area contributed by atoms with Gasteiger partial charge in [0.05, 0.1) is 0 Å². The van der Waals surface area contributed by atoms with E-state index in [0.717, 1.165) is 18.7 Å². The van der Waals surface area contributed by atoms with E-state index < -0.39 is 0 Å². The molecule has 0 spiro atoms. The lowest BCUT2D eigenvalue weighted by Crippen LogP contribution is -2.42. The van der Waals surface area contributed by atoms with Gasteiger partial charge >= 0.3 is 0 Å². The van der Waals surface area contributed by atoms with Crippen molar-refractivity contribution in [1.82, 2.24) is 5.32 Å². The van der Waals surface area contributed by atoms with Gasteiger partial charge in [-0.3, -0.25) is 0 Å². The Labute approximate surface area is 105 Å². The smallest absolute Gasteiger partial charge is 0.122 e.